The van der Waals surface area contributed by atoms with Crippen LogP contribution in [-0.2, 0) is 6.42 Å². The highest BCUT2D eigenvalue weighted by atomic mass is 16.5. The fourth-order valence-corrected chi connectivity index (χ4v) is 3.96. The predicted octanol–water partition coefficient (Wildman–Crippen LogP) is 4.09. The number of aryl methyl sites for hydroxylation is 2. The quantitative estimate of drug-likeness (QED) is 0.675. The van der Waals surface area contributed by atoms with E-state index in [2.05, 4.69) is 16.4 Å². The van der Waals surface area contributed by atoms with Crippen LogP contribution in [0.2, 0.25) is 0 Å². The van der Waals surface area contributed by atoms with Gasteiger partial charge >= 0.3 is 6.09 Å². The molecule has 2 N–H and O–H groups in total. The molecule has 2 aliphatic rings. The van der Waals surface area contributed by atoms with Gasteiger partial charge in [-0.1, -0.05) is 11.1 Å². The summed E-state index contributed by atoms with van der Waals surface area (Å²) in [6.45, 7) is 3.78. The van der Waals surface area contributed by atoms with Gasteiger partial charge in [0.05, 0.1) is 11.1 Å². The number of nitrogens with one attached hydrogen (secondary N) is 1. The Morgan fingerprint density at radius 1 is 1.39 bits per heavy atom. The van der Waals surface area contributed by atoms with Crippen molar-refractivity contribution in [3.63, 3.8) is 0 Å². The molecule has 7 nitrogen and oxygen atoms in total. The number of aromatic nitrogens is 1. The van der Waals surface area contributed by atoms with E-state index in [4.69, 9.17) is 20.8 Å². The molecule has 0 bridgehead atoms. The summed E-state index contributed by atoms with van der Waals surface area (Å²) in [6.07, 6.45) is 10.5. The number of hydrogen-bond acceptors (Lipinski definition) is 5. The third kappa shape index (κ3) is 5.50. The van der Waals surface area contributed by atoms with E-state index in [1.165, 1.54) is 4.90 Å². The number of terminal acetylenes is 1. The van der Waals surface area contributed by atoms with Crippen molar-refractivity contribution >= 4 is 17.1 Å². The highest BCUT2D eigenvalue weighted by Crippen LogP contribution is 2.45. The summed E-state index contributed by atoms with van der Waals surface area (Å²) in [4.78, 5) is 12.5. The van der Waals surface area contributed by atoms with Crippen molar-refractivity contribution < 1.29 is 19.2 Å². The topological polar surface area (TPSA) is 87.8 Å². The lowest BCUT2D eigenvalue weighted by molar-refractivity contribution is 0.123. The van der Waals surface area contributed by atoms with Crippen LogP contribution < -0.4 is 10.1 Å². The summed E-state index contributed by atoms with van der Waals surface area (Å²) in [5, 5.41) is 17.1. The van der Waals surface area contributed by atoms with E-state index in [-0.39, 0.29) is 5.41 Å². The van der Waals surface area contributed by atoms with Gasteiger partial charge in [-0.3, -0.25) is 0 Å². The van der Waals surface area contributed by atoms with Crippen molar-refractivity contribution in [3.05, 3.63) is 23.4 Å². The van der Waals surface area contributed by atoms with Crippen LogP contribution in [0.3, 0.4) is 0 Å². The molecule has 31 heavy (non-hydrogen) atoms. The van der Waals surface area contributed by atoms with Crippen molar-refractivity contribution in [1.29, 1.82) is 0 Å². The van der Waals surface area contributed by atoms with Crippen molar-refractivity contribution in [2.24, 2.45) is 11.3 Å². The fourth-order valence-electron chi connectivity index (χ4n) is 3.96. The van der Waals surface area contributed by atoms with Gasteiger partial charge < -0.3 is 24.6 Å². The second-order valence-corrected chi connectivity index (χ2v) is 8.66. The average molecular weight is 428 g/mol. The van der Waals surface area contributed by atoms with Crippen LogP contribution in [0.4, 0.5) is 4.79 Å². The van der Waals surface area contributed by atoms with Gasteiger partial charge in [-0.05, 0) is 77.6 Å². The van der Waals surface area contributed by atoms with Crippen LogP contribution in [-0.4, -0.2) is 55.0 Å². The van der Waals surface area contributed by atoms with E-state index in [1.54, 1.807) is 0 Å². The molecule has 168 valence electrons. The number of carbonyl (C=O) groups is 1. The first kappa shape index (κ1) is 23.0. The Labute approximate surface area is 184 Å². The number of rotatable bonds is 6. The minimum absolute atomic E-state index is 0.0792. The van der Waals surface area contributed by atoms with Crippen LogP contribution in [0.1, 0.15) is 43.4 Å². The Bertz CT molecular complexity index is 934. The molecular formula is C24H33N3O4. The van der Waals surface area contributed by atoms with Crippen molar-refractivity contribution in [3.8, 4) is 18.1 Å². The lowest BCUT2D eigenvalue weighted by atomic mass is 9.91. The largest absolute Gasteiger partial charge is 0.492 e. The first-order valence-corrected chi connectivity index (χ1v) is 11.0. The molecule has 1 aliphatic carbocycles. The molecule has 1 aromatic carbocycles. The Balaban J connectivity index is 0.000000858. The van der Waals surface area contributed by atoms with Crippen molar-refractivity contribution in [1.82, 2.24) is 15.4 Å². The van der Waals surface area contributed by atoms with Crippen LogP contribution in [0.5, 0.6) is 5.75 Å². The van der Waals surface area contributed by atoms with E-state index in [0.717, 1.165) is 66.5 Å². The highest BCUT2D eigenvalue weighted by Gasteiger charge is 2.42. The van der Waals surface area contributed by atoms with Gasteiger partial charge in [-0.15, -0.1) is 6.42 Å². The van der Waals surface area contributed by atoms with E-state index < -0.39 is 6.09 Å². The standard InChI is InChI=1S/C22H26N2O4.C2H7N/c1-3-22(10-11-22)14-27-19-7-5-17-18(23-28-20(17)15(19)2)6-4-16-8-12-24(13-9-16)21(25)26;1-3-2/h1,5,7,16H,4,6,8-14H2,2H3,(H,25,26);3H,1-2H3. The summed E-state index contributed by atoms with van der Waals surface area (Å²) in [7, 11) is 3.75. The van der Waals surface area contributed by atoms with E-state index in [9.17, 15) is 4.79 Å². The number of likely N-dealkylation sites (tertiary alicyclic amines) is 1. The molecule has 1 aromatic heterocycles. The van der Waals surface area contributed by atoms with Crippen LogP contribution in [0, 0.1) is 30.6 Å². The Morgan fingerprint density at radius 2 is 2.06 bits per heavy atom. The summed E-state index contributed by atoms with van der Waals surface area (Å²) >= 11 is 0. The summed E-state index contributed by atoms with van der Waals surface area (Å²) < 4.78 is 11.6. The molecule has 1 saturated heterocycles. The number of hydrogen-bond donors (Lipinski definition) is 2. The predicted molar refractivity (Wildman–Crippen MR) is 120 cm³/mol. The molecule has 1 aliphatic heterocycles. The number of nitrogens with zero attached hydrogens (tertiary/aromatic N) is 2. The Hall–Kier alpha value is -2.72. The van der Waals surface area contributed by atoms with Gasteiger partial charge in [0.25, 0.3) is 0 Å². The maximum absolute atomic E-state index is 11.0. The minimum Gasteiger partial charge on any atom is -0.492 e. The molecule has 2 fully saturated rings. The van der Waals surface area contributed by atoms with Crippen LogP contribution >= 0.6 is 0 Å². The Morgan fingerprint density at radius 3 is 2.65 bits per heavy atom. The van der Waals surface area contributed by atoms with Gasteiger partial charge in [0, 0.05) is 24.0 Å². The number of piperidine rings is 1. The lowest BCUT2D eigenvalue weighted by Gasteiger charge is -2.29. The SMILES string of the molecule is C#CC1(COc2ccc3c(CCC4CCN(C(=O)O)CC4)noc3c2C)CC1.CNC. The first-order chi connectivity index (χ1) is 14.9. The van der Waals surface area contributed by atoms with E-state index in [1.807, 2.05) is 33.2 Å². The summed E-state index contributed by atoms with van der Waals surface area (Å²) in [5.41, 5.74) is 2.62. The summed E-state index contributed by atoms with van der Waals surface area (Å²) in [6, 6.07) is 4.00. The Kier molecular flexibility index (Phi) is 7.45. The molecule has 1 saturated carbocycles. The zero-order valence-corrected chi connectivity index (χ0v) is 18.7. The molecule has 0 atom stereocenters. The third-order valence-corrected chi connectivity index (χ3v) is 6.25. The molecule has 4 rings (SSSR count). The number of amides is 1. The number of ether oxygens (including phenoxy) is 1. The van der Waals surface area contributed by atoms with Gasteiger partial charge in [0.15, 0.2) is 5.58 Å². The van der Waals surface area contributed by atoms with Crippen molar-refractivity contribution in [2.45, 2.75) is 45.4 Å². The molecule has 2 aromatic rings. The van der Waals surface area contributed by atoms with Crippen LogP contribution in [0.25, 0.3) is 11.0 Å². The van der Waals surface area contributed by atoms with Gasteiger partial charge in [-0.25, -0.2) is 4.79 Å². The maximum Gasteiger partial charge on any atom is 0.407 e. The number of carboxylic acid groups (broad SMARTS) is 1. The maximum atomic E-state index is 11.0. The molecule has 0 spiro atoms. The monoisotopic (exact) mass is 427 g/mol. The fraction of sp³-hybridized carbons (Fsp3) is 0.583. The van der Waals surface area contributed by atoms with Crippen LogP contribution in [0.15, 0.2) is 16.7 Å². The highest BCUT2D eigenvalue weighted by molar-refractivity contribution is 5.84. The minimum atomic E-state index is -0.815. The molecule has 1 amide bonds. The molecular weight excluding hydrogens is 394 g/mol. The van der Waals surface area contributed by atoms with Gasteiger partial charge in [0.2, 0.25) is 0 Å². The zero-order valence-electron chi connectivity index (χ0n) is 18.7. The number of benzene rings is 1. The molecule has 7 heteroatoms. The normalized spacial score (nSPS) is 17.5. The molecule has 2 heterocycles. The lowest BCUT2D eigenvalue weighted by Crippen LogP contribution is -2.37. The van der Waals surface area contributed by atoms with Gasteiger partial charge in [-0.2, -0.15) is 0 Å². The van der Waals surface area contributed by atoms with E-state index >= 15 is 0 Å². The van der Waals surface area contributed by atoms with Gasteiger partial charge in [0.1, 0.15) is 12.4 Å². The van der Waals surface area contributed by atoms with E-state index in [0.29, 0.717) is 25.6 Å². The summed E-state index contributed by atoms with van der Waals surface area (Å²) in [5.74, 6) is 4.18. The second kappa shape index (κ2) is 10.1. The average Bonchev–Trinajstić information content (AvgIpc) is 3.44. The number of fused-ring (bicyclic) bond motifs is 1. The zero-order chi connectivity index (χ0) is 22.4. The third-order valence-electron chi connectivity index (χ3n) is 6.25. The second-order valence-electron chi connectivity index (χ2n) is 8.66. The first-order valence-electron chi connectivity index (χ1n) is 11.0. The smallest absolute Gasteiger partial charge is 0.407 e. The molecule has 0 unspecified atom stereocenters. The molecule has 0 radical (unpaired) electrons. The van der Waals surface area contributed by atoms with Crippen molar-refractivity contribution in [2.75, 3.05) is 33.8 Å².